The molecule has 0 radical (unpaired) electrons. The van der Waals surface area contributed by atoms with E-state index < -0.39 is 17.5 Å². The van der Waals surface area contributed by atoms with Crippen LogP contribution < -0.4 is 5.43 Å². The number of aromatic amines is 1. The van der Waals surface area contributed by atoms with Gasteiger partial charge in [0, 0.05) is 17.8 Å². The molecule has 3 nitrogen and oxygen atoms in total. The van der Waals surface area contributed by atoms with Crippen LogP contribution in [0.1, 0.15) is 17.7 Å². The van der Waals surface area contributed by atoms with Crippen LogP contribution in [-0.2, 0) is 6.42 Å². The summed E-state index contributed by atoms with van der Waals surface area (Å²) in [5.74, 6) is 0. The fourth-order valence-electron chi connectivity index (χ4n) is 0.866. The molecule has 1 rings (SSSR count). The normalized spacial score (nSPS) is 10.0. The Bertz CT molecular complexity index is 392. The van der Waals surface area contributed by atoms with Crippen LogP contribution in [-0.4, -0.2) is 4.98 Å². The zero-order chi connectivity index (χ0) is 9.84. The van der Waals surface area contributed by atoms with Crippen LogP contribution in [0, 0.1) is 11.3 Å². The van der Waals surface area contributed by atoms with Crippen molar-refractivity contribution >= 4 is 0 Å². The summed E-state index contributed by atoms with van der Waals surface area (Å²) in [7, 11) is 0. The van der Waals surface area contributed by atoms with Crippen molar-refractivity contribution in [2.75, 3.05) is 0 Å². The van der Waals surface area contributed by atoms with E-state index in [1.807, 2.05) is 0 Å². The number of pyridine rings is 1. The molecule has 1 N–H and O–H groups in total. The number of rotatable bonds is 2. The third kappa shape index (κ3) is 2.12. The highest BCUT2D eigenvalue weighted by Gasteiger charge is 2.09. The number of H-pyrrole nitrogens is 1. The summed E-state index contributed by atoms with van der Waals surface area (Å²) in [6.07, 6.45) is -1.62. The second-order valence-corrected chi connectivity index (χ2v) is 2.41. The van der Waals surface area contributed by atoms with Gasteiger partial charge in [-0.05, 0) is 0 Å². The minimum absolute atomic E-state index is 0.0706. The third-order valence-electron chi connectivity index (χ3n) is 1.52. The monoisotopic (exact) mass is 184 g/mol. The summed E-state index contributed by atoms with van der Waals surface area (Å²) in [5, 5.41) is 8.27. The summed E-state index contributed by atoms with van der Waals surface area (Å²) in [6.45, 7) is 0. The van der Waals surface area contributed by atoms with Crippen molar-refractivity contribution in [1.29, 1.82) is 5.26 Å². The molecule has 0 bridgehead atoms. The Kier molecular flexibility index (Phi) is 2.75. The first-order valence-corrected chi connectivity index (χ1v) is 3.51. The standard InChI is InChI=1S/C8H6F2N2O/c9-8(10)6-3-7(13)5(1-2-11)4-12-6/h3-4,8H,1H2,(H,12,13). The third-order valence-corrected chi connectivity index (χ3v) is 1.52. The Morgan fingerprint density at radius 1 is 1.62 bits per heavy atom. The zero-order valence-corrected chi connectivity index (χ0v) is 6.55. The van der Waals surface area contributed by atoms with Gasteiger partial charge in [-0.25, -0.2) is 8.78 Å². The van der Waals surface area contributed by atoms with Gasteiger partial charge in [0.15, 0.2) is 5.43 Å². The number of nitriles is 1. The maximum Gasteiger partial charge on any atom is 0.278 e. The molecule has 1 aromatic rings. The van der Waals surface area contributed by atoms with E-state index in [1.165, 1.54) is 0 Å². The Labute approximate surface area is 72.6 Å². The smallest absolute Gasteiger partial charge is 0.278 e. The molecule has 0 aliphatic heterocycles. The van der Waals surface area contributed by atoms with Gasteiger partial charge in [-0.15, -0.1) is 0 Å². The summed E-state index contributed by atoms with van der Waals surface area (Å²) < 4.78 is 24.1. The first-order chi connectivity index (χ1) is 6.15. The van der Waals surface area contributed by atoms with Crippen molar-refractivity contribution in [3.63, 3.8) is 0 Å². The second kappa shape index (κ2) is 3.81. The Balaban J connectivity index is 3.08. The van der Waals surface area contributed by atoms with Crippen LogP contribution in [0.3, 0.4) is 0 Å². The van der Waals surface area contributed by atoms with E-state index in [4.69, 9.17) is 5.26 Å². The lowest BCUT2D eigenvalue weighted by molar-refractivity contribution is 0.146. The number of aromatic nitrogens is 1. The maximum atomic E-state index is 12.0. The number of nitrogens with one attached hydrogen (secondary N) is 1. The number of alkyl halides is 2. The van der Waals surface area contributed by atoms with E-state index in [0.29, 0.717) is 0 Å². The SMILES string of the molecule is N#CCc1c[nH]c(C(F)F)cc1=O. The van der Waals surface area contributed by atoms with Gasteiger partial charge < -0.3 is 4.98 Å². The molecule has 0 spiro atoms. The first kappa shape index (κ1) is 9.39. The van der Waals surface area contributed by atoms with Gasteiger partial charge in [0.05, 0.1) is 18.2 Å². The van der Waals surface area contributed by atoms with Crippen molar-refractivity contribution in [3.05, 3.63) is 33.7 Å². The summed E-state index contributed by atoms with van der Waals surface area (Å²) in [5.41, 5.74) is -0.755. The predicted octanol–water partition coefficient (Wildman–Crippen LogP) is 1.38. The quantitative estimate of drug-likeness (QED) is 0.754. The lowest BCUT2D eigenvalue weighted by Crippen LogP contribution is -2.09. The van der Waals surface area contributed by atoms with E-state index in [0.717, 1.165) is 12.3 Å². The average Bonchev–Trinajstić information content (AvgIpc) is 2.08. The van der Waals surface area contributed by atoms with Gasteiger partial charge >= 0.3 is 0 Å². The zero-order valence-electron chi connectivity index (χ0n) is 6.55. The van der Waals surface area contributed by atoms with Crippen molar-refractivity contribution in [2.24, 2.45) is 0 Å². The van der Waals surface area contributed by atoms with E-state index in [1.54, 1.807) is 6.07 Å². The average molecular weight is 184 g/mol. The molecule has 1 aromatic heterocycles. The number of nitrogens with zero attached hydrogens (tertiary/aromatic N) is 1. The molecule has 0 aromatic carbocycles. The maximum absolute atomic E-state index is 12.0. The van der Waals surface area contributed by atoms with Crippen molar-refractivity contribution < 1.29 is 8.78 Å². The van der Waals surface area contributed by atoms with Crippen LogP contribution in [0.2, 0.25) is 0 Å². The highest BCUT2D eigenvalue weighted by atomic mass is 19.3. The number of hydrogen-bond donors (Lipinski definition) is 1. The van der Waals surface area contributed by atoms with Gasteiger partial charge in [-0.1, -0.05) is 0 Å². The molecule has 0 fully saturated rings. The van der Waals surface area contributed by atoms with Gasteiger partial charge in [-0.3, -0.25) is 4.79 Å². The predicted molar refractivity (Wildman–Crippen MR) is 41.3 cm³/mol. The molecule has 0 aliphatic carbocycles. The lowest BCUT2D eigenvalue weighted by Gasteiger charge is -1.99. The van der Waals surface area contributed by atoms with E-state index in [2.05, 4.69) is 4.98 Å². The Hall–Kier alpha value is -1.70. The molecular formula is C8H6F2N2O. The van der Waals surface area contributed by atoms with Gasteiger partial charge in [0.25, 0.3) is 6.43 Å². The first-order valence-electron chi connectivity index (χ1n) is 3.51. The van der Waals surface area contributed by atoms with Crippen LogP contribution in [0.15, 0.2) is 17.1 Å². The summed E-state index contributed by atoms with van der Waals surface area (Å²) in [4.78, 5) is 13.3. The molecule has 0 saturated heterocycles. The molecule has 5 heteroatoms. The highest BCUT2D eigenvalue weighted by Crippen LogP contribution is 2.13. The van der Waals surface area contributed by atoms with Crippen LogP contribution >= 0.6 is 0 Å². The molecule has 0 amide bonds. The lowest BCUT2D eigenvalue weighted by atomic mass is 10.2. The van der Waals surface area contributed by atoms with Crippen molar-refractivity contribution in [3.8, 4) is 6.07 Å². The molecule has 0 aliphatic rings. The molecule has 13 heavy (non-hydrogen) atoms. The topological polar surface area (TPSA) is 56.6 Å². The Morgan fingerprint density at radius 2 is 2.31 bits per heavy atom. The highest BCUT2D eigenvalue weighted by molar-refractivity contribution is 5.18. The Morgan fingerprint density at radius 3 is 2.77 bits per heavy atom. The second-order valence-electron chi connectivity index (χ2n) is 2.41. The molecule has 68 valence electrons. The van der Waals surface area contributed by atoms with Gasteiger partial charge in [0.1, 0.15) is 0 Å². The van der Waals surface area contributed by atoms with Gasteiger partial charge in [0.2, 0.25) is 0 Å². The molecular weight excluding hydrogens is 178 g/mol. The molecule has 0 saturated carbocycles. The fraction of sp³-hybridized carbons (Fsp3) is 0.250. The van der Waals surface area contributed by atoms with Crippen LogP contribution in [0.5, 0.6) is 0 Å². The molecule has 0 atom stereocenters. The van der Waals surface area contributed by atoms with Crippen LogP contribution in [0.4, 0.5) is 8.78 Å². The summed E-state index contributed by atoms with van der Waals surface area (Å²) in [6, 6.07) is 2.58. The number of hydrogen-bond acceptors (Lipinski definition) is 2. The van der Waals surface area contributed by atoms with E-state index in [9.17, 15) is 13.6 Å². The van der Waals surface area contributed by atoms with Crippen LogP contribution in [0.25, 0.3) is 0 Å². The minimum Gasteiger partial charge on any atom is -0.360 e. The largest absolute Gasteiger partial charge is 0.360 e. The molecule has 1 heterocycles. The minimum atomic E-state index is -2.69. The van der Waals surface area contributed by atoms with Crippen molar-refractivity contribution in [1.82, 2.24) is 4.98 Å². The van der Waals surface area contributed by atoms with Crippen molar-refractivity contribution in [2.45, 2.75) is 12.8 Å². The number of halogens is 2. The van der Waals surface area contributed by atoms with Gasteiger partial charge in [-0.2, -0.15) is 5.26 Å². The molecule has 0 unspecified atom stereocenters. The summed E-state index contributed by atoms with van der Waals surface area (Å²) >= 11 is 0. The fourth-order valence-corrected chi connectivity index (χ4v) is 0.866. The van der Waals surface area contributed by atoms with E-state index >= 15 is 0 Å². The van der Waals surface area contributed by atoms with E-state index in [-0.39, 0.29) is 12.0 Å².